The normalized spacial score (nSPS) is 24.6. The van der Waals surface area contributed by atoms with Gasteiger partial charge in [-0.25, -0.2) is 9.80 Å². The topological polar surface area (TPSA) is 59.1 Å². The minimum absolute atomic E-state index is 0.175. The number of hydrogen-bond acceptors (Lipinski definition) is 5. The Balaban J connectivity index is 2.43. The quantitative estimate of drug-likeness (QED) is 0.736. The van der Waals surface area contributed by atoms with Crippen molar-refractivity contribution in [3.05, 3.63) is 11.3 Å². The van der Waals surface area contributed by atoms with E-state index in [0.29, 0.717) is 17.2 Å². The average molecular weight is 282 g/mol. The summed E-state index contributed by atoms with van der Waals surface area (Å²) >= 11 is 0. The van der Waals surface area contributed by atoms with Gasteiger partial charge in [-0.05, 0) is 25.7 Å². The maximum absolute atomic E-state index is 12.1. The van der Waals surface area contributed by atoms with Gasteiger partial charge in [0.2, 0.25) is 5.91 Å². The summed E-state index contributed by atoms with van der Waals surface area (Å²) in [5.41, 5.74) is 1.14. The molecular formula is C14H22N2O4. The molecule has 1 fully saturated rings. The van der Waals surface area contributed by atoms with E-state index >= 15 is 0 Å². The van der Waals surface area contributed by atoms with E-state index in [-0.39, 0.29) is 17.9 Å². The Morgan fingerprint density at radius 1 is 1.20 bits per heavy atom. The average Bonchev–Trinajstić information content (AvgIpc) is 3.02. The zero-order valence-electron chi connectivity index (χ0n) is 12.5. The van der Waals surface area contributed by atoms with Gasteiger partial charge < -0.3 is 4.74 Å². The van der Waals surface area contributed by atoms with Crippen molar-refractivity contribution in [1.29, 1.82) is 0 Å². The number of ether oxygens (including phenoxy) is 1. The van der Waals surface area contributed by atoms with E-state index in [0.717, 1.165) is 25.7 Å². The van der Waals surface area contributed by atoms with Crippen molar-refractivity contribution < 1.29 is 19.2 Å². The van der Waals surface area contributed by atoms with E-state index in [4.69, 9.17) is 9.57 Å². The van der Waals surface area contributed by atoms with Gasteiger partial charge in [-0.3, -0.25) is 9.63 Å². The number of hydroxylamine groups is 1. The lowest BCUT2D eigenvalue weighted by atomic mass is 9.92. The van der Waals surface area contributed by atoms with Crippen LogP contribution in [0.15, 0.2) is 11.3 Å². The molecule has 0 aromatic heterocycles. The molecule has 2 aliphatic rings. The van der Waals surface area contributed by atoms with E-state index < -0.39 is 0 Å². The van der Waals surface area contributed by atoms with E-state index in [2.05, 4.69) is 0 Å². The molecule has 0 spiro atoms. The first kappa shape index (κ1) is 15.0. The number of hydrogen-bond donors (Lipinski definition) is 0. The van der Waals surface area contributed by atoms with Crippen molar-refractivity contribution in [3.63, 3.8) is 0 Å². The zero-order valence-corrected chi connectivity index (χ0v) is 12.5. The Labute approximate surface area is 119 Å². The molecule has 0 N–H and O–H groups in total. The van der Waals surface area contributed by atoms with Gasteiger partial charge in [-0.1, -0.05) is 18.0 Å². The smallest absolute Gasteiger partial charge is 0.337 e. The number of allylic oxidation sites excluding steroid dienone is 1. The number of amides is 1. The summed E-state index contributed by atoms with van der Waals surface area (Å²) in [5, 5.41) is 2.95. The summed E-state index contributed by atoms with van der Waals surface area (Å²) in [7, 11) is 2.88. The molecule has 6 nitrogen and oxygen atoms in total. The first-order chi connectivity index (χ1) is 9.52. The second-order valence-corrected chi connectivity index (χ2v) is 5.30. The summed E-state index contributed by atoms with van der Waals surface area (Å²) in [6, 6.07) is -0.237. The number of esters is 1. The molecule has 1 heterocycles. The van der Waals surface area contributed by atoms with Crippen molar-refractivity contribution in [2.45, 2.75) is 45.6 Å². The Kier molecular flexibility index (Phi) is 4.45. The number of carbonyl (C=O) groups is 2. The number of hydrazine groups is 1. The Morgan fingerprint density at radius 2 is 1.80 bits per heavy atom. The number of carbonyl (C=O) groups excluding carboxylic acids is 2. The summed E-state index contributed by atoms with van der Waals surface area (Å²) in [5.74, 6) is -0.250. The fourth-order valence-electron chi connectivity index (χ4n) is 3.35. The second kappa shape index (κ2) is 5.93. The zero-order chi connectivity index (χ0) is 14.9. The molecule has 0 saturated heterocycles. The minimum atomic E-state index is -0.384. The minimum Gasteiger partial charge on any atom is -0.466 e. The standard InChI is InChI=1S/C14H22N2O4/c1-9-12(14(18)19-3)13(11-7-5-6-8-11)16(20-4)15(9)10(2)17/h11,13H,5-8H2,1-4H3. The van der Waals surface area contributed by atoms with Gasteiger partial charge >= 0.3 is 5.97 Å². The van der Waals surface area contributed by atoms with E-state index in [1.165, 1.54) is 31.3 Å². The van der Waals surface area contributed by atoms with Crippen molar-refractivity contribution in [2.75, 3.05) is 14.2 Å². The maximum Gasteiger partial charge on any atom is 0.337 e. The van der Waals surface area contributed by atoms with Crippen molar-refractivity contribution in [3.8, 4) is 0 Å². The molecule has 2 rings (SSSR count). The Hall–Kier alpha value is -1.40. The predicted molar refractivity (Wildman–Crippen MR) is 71.8 cm³/mol. The third kappa shape index (κ3) is 2.33. The predicted octanol–water partition coefficient (Wildman–Crippen LogP) is 1.63. The lowest BCUT2D eigenvalue weighted by Crippen LogP contribution is -2.47. The van der Waals surface area contributed by atoms with Crippen LogP contribution in [0.5, 0.6) is 0 Å². The highest BCUT2D eigenvalue weighted by atomic mass is 16.7. The summed E-state index contributed by atoms with van der Waals surface area (Å²) in [6.07, 6.45) is 4.35. The maximum atomic E-state index is 12.1. The third-order valence-electron chi connectivity index (χ3n) is 4.18. The molecule has 0 bridgehead atoms. The fraction of sp³-hybridized carbons (Fsp3) is 0.714. The molecule has 1 aliphatic carbocycles. The first-order valence-electron chi connectivity index (χ1n) is 6.96. The fourth-order valence-corrected chi connectivity index (χ4v) is 3.35. The van der Waals surface area contributed by atoms with Crippen LogP contribution < -0.4 is 0 Å². The molecular weight excluding hydrogens is 260 g/mol. The molecule has 1 amide bonds. The van der Waals surface area contributed by atoms with Crippen LogP contribution in [-0.2, 0) is 19.2 Å². The Morgan fingerprint density at radius 3 is 2.25 bits per heavy atom. The van der Waals surface area contributed by atoms with Gasteiger partial charge in [0.05, 0.1) is 25.8 Å². The van der Waals surface area contributed by atoms with Crippen LogP contribution in [0.3, 0.4) is 0 Å². The molecule has 0 aromatic rings. The third-order valence-corrected chi connectivity index (χ3v) is 4.18. The summed E-state index contributed by atoms with van der Waals surface area (Å²) in [4.78, 5) is 29.4. The largest absolute Gasteiger partial charge is 0.466 e. The molecule has 112 valence electrons. The molecule has 1 unspecified atom stereocenters. The van der Waals surface area contributed by atoms with Gasteiger partial charge in [-0.2, -0.15) is 0 Å². The monoisotopic (exact) mass is 282 g/mol. The molecule has 0 radical (unpaired) electrons. The highest BCUT2D eigenvalue weighted by molar-refractivity contribution is 5.92. The second-order valence-electron chi connectivity index (χ2n) is 5.30. The van der Waals surface area contributed by atoms with E-state index in [1.807, 2.05) is 0 Å². The van der Waals surface area contributed by atoms with Crippen LogP contribution in [0.25, 0.3) is 0 Å². The van der Waals surface area contributed by atoms with Gasteiger partial charge in [-0.15, -0.1) is 0 Å². The highest BCUT2D eigenvalue weighted by Gasteiger charge is 2.47. The number of nitrogens with zero attached hydrogens (tertiary/aromatic N) is 2. The van der Waals surface area contributed by atoms with Crippen molar-refractivity contribution >= 4 is 11.9 Å². The molecule has 20 heavy (non-hydrogen) atoms. The van der Waals surface area contributed by atoms with E-state index in [1.54, 1.807) is 6.92 Å². The van der Waals surface area contributed by atoms with Crippen LogP contribution in [0.2, 0.25) is 0 Å². The van der Waals surface area contributed by atoms with Crippen LogP contribution in [0.1, 0.15) is 39.5 Å². The van der Waals surface area contributed by atoms with Crippen molar-refractivity contribution in [2.24, 2.45) is 5.92 Å². The highest BCUT2D eigenvalue weighted by Crippen LogP contribution is 2.40. The van der Waals surface area contributed by atoms with Crippen LogP contribution in [0, 0.1) is 5.92 Å². The van der Waals surface area contributed by atoms with Crippen LogP contribution >= 0.6 is 0 Å². The molecule has 0 aromatic carbocycles. The lowest BCUT2D eigenvalue weighted by molar-refractivity contribution is -0.259. The van der Waals surface area contributed by atoms with Crippen LogP contribution in [-0.4, -0.2) is 42.3 Å². The molecule has 6 heteroatoms. The van der Waals surface area contributed by atoms with Crippen LogP contribution in [0.4, 0.5) is 0 Å². The number of rotatable bonds is 3. The van der Waals surface area contributed by atoms with Gasteiger partial charge in [0.25, 0.3) is 0 Å². The summed E-state index contributed by atoms with van der Waals surface area (Å²) < 4.78 is 4.90. The van der Waals surface area contributed by atoms with Gasteiger partial charge in [0.15, 0.2) is 0 Å². The SMILES string of the molecule is COC(=O)C1=C(C)N(C(C)=O)N(OC)C1C1CCCC1. The molecule has 1 saturated carbocycles. The summed E-state index contributed by atoms with van der Waals surface area (Å²) in [6.45, 7) is 3.22. The Bertz CT molecular complexity index is 440. The number of methoxy groups -OCH3 is 1. The first-order valence-corrected chi connectivity index (χ1v) is 6.96. The molecule has 1 aliphatic heterocycles. The lowest BCUT2D eigenvalue weighted by Gasteiger charge is -2.33. The van der Waals surface area contributed by atoms with E-state index in [9.17, 15) is 9.59 Å². The van der Waals surface area contributed by atoms with Crippen molar-refractivity contribution in [1.82, 2.24) is 10.2 Å². The molecule has 1 atom stereocenters. The van der Waals surface area contributed by atoms with Gasteiger partial charge in [0.1, 0.15) is 0 Å². The van der Waals surface area contributed by atoms with Gasteiger partial charge in [0, 0.05) is 12.6 Å².